The van der Waals surface area contributed by atoms with Crippen LogP contribution in [0.2, 0.25) is 0 Å². The van der Waals surface area contributed by atoms with Crippen molar-refractivity contribution in [3.63, 3.8) is 0 Å². The highest BCUT2D eigenvalue weighted by Gasteiger charge is 2.33. The van der Waals surface area contributed by atoms with Gasteiger partial charge in [-0.2, -0.15) is 13.2 Å². The molecule has 0 aliphatic carbocycles. The van der Waals surface area contributed by atoms with Gasteiger partial charge >= 0.3 is 6.18 Å². The molecule has 0 aliphatic rings. The second kappa shape index (κ2) is 3.53. The van der Waals surface area contributed by atoms with Crippen LogP contribution < -0.4 is 5.56 Å². The standard InChI is InChI=1S/C7H5BrF3NO/c8-3-4-1-2-5(6(13)12-4)7(9,10)11/h1-2H,3H2,(H,12,13). The van der Waals surface area contributed by atoms with Crippen molar-refractivity contribution in [1.82, 2.24) is 4.98 Å². The smallest absolute Gasteiger partial charge is 0.325 e. The highest BCUT2D eigenvalue weighted by atomic mass is 79.9. The highest BCUT2D eigenvalue weighted by Crippen LogP contribution is 2.26. The molecule has 0 atom stereocenters. The molecule has 0 unspecified atom stereocenters. The lowest BCUT2D eigenvalue weighted by Crippen LogP contribution is -2.21. The third kappa shape index (κ3) is 2.33. The number of hydrogen-bond donors (Lipinski definition) is 1. The van der Waals surface area contributed by atoms with E-state index in [1.54, 1.807) is 0 Å². The summed E-state index contributed by atoms with van der Waals surface area (Å²) in [5.74, 6) is 0. The van der Waals surface area contributed by atoms with Gasteiger partial charge in [-0.05, 0) is 12.1 Å². The number of aromatic amines is 1. The maximum absolute atomic E-state index is 12.1. The molecule has 0 spiro atoms. The predicted molar refractivity (Wildman–Crippen MR) is 44.7 cm³/mol. The zero-order valence-corrected chi connectivity index (χ0v) is 7.87. The molecule has 0 saturated carbocycles. The molecule has 0 amide bonds. The Bertz CT molecular complexity index is 357. The first kappa shape index (κ1) is 10.3. The average molecular weight is 256 g/mol. The molecule has 0 bridgehead atoms. The van der Waals surface area contributed by atoms with Gasteiger partial charge in [0.05, 0.1) is 0 Å². The fourth-order valence-corrected chi connectivity index (χ4v) is 1.14. The molecule has 1 aromatic heterocycles. The molecule has 0 fully saturated rings. The minimum atomic E-state index is -4.58. The molecule has 13 heavy (non-hydrogen) atoms. The Kier molecular flexibility index (Phi) is 2.80. The Balaban J connectivity index is 3.21. The second-order valence-electron chi connectivity index (χ2n) is 2.36. The van der Waals surface area contributed by atoms with Crippen LogP contribution in [0.25, 0.3) is 0 Å². The summed E-state index contributed by atoms with van der Waals surface area (Å²) in [6.07, 6.45) is -4.58. The minimum absolute atomic E-state index is 0.320. The third-order valence-corrected chi connectivity index (χ3v) is 2.02. The van der Waals surface area contributed by atoms with Crippen LogP contribution >= 0.6 is 15.9 Å². The summed E-state index contributed by atoms with van der Waals surface area (Å²) in [6.45, 7) is 0. The van der Waals surface area contributed by atoms with Crippen molar-refractivity contribution < 1.29 is 13.2 Å². The van der Waals surface area contributed by atoms with Gasteiger partial charge in [0, 0.05) is 11.0 Å². The average Bonchev–Trinajstić information content (AvgIpc) is 2.01. The zero-order chi connectivity index (χ0) is 10.1. The Labute approximate surface area is 79.9 Å². The van der Waals surface area contributed by atoms with Crippen LogP contribution in [0.3, 0.4) is 0 Å². The maximum Gasteiger partial charge on any atom is 0.421 e. The van der Waals surface area contributed by atoms with Crippen LogP contribution in [0.5, 0.6) is 0 Å². The van der Waals surface area contributed by atoms with E-state index in [0.717, 1.165) is 6.07 Å². The lowest BCUT2D eigenvalue weighted by molar-refractivity contribution is -0.138. The molecule has 1 N–H and O–H groups in total. The van der Waals surface area contributed by atoms with Gasteiger partial charge in [0.25, 0.3) is 5.56 Å². The molecular formula is C7H5BrF3NO. The Morgan fingerprint density at radius 2 is 2.00 bits per heavy atom. The normalized spacial score (nSPS) is 11.7. The summed E-state index contributed by atoms with van der Waals surface area (Å²) in [5, 5.41) is 0.320. The van der Waals surface area contributed by atoms with Gasteiger partial charge in [-0.25, -0.2) is 0 Å². The predicted octanol–water partition coefficient (Wildman–Crippen LogP) is 2.29. The van der Waals surface area contributed by atoms with E-state index in [0.29, 0.717) is 11.0 Å². The number of pyridine rings is 1. The van der Waals surface area contributed by atoms with Crippen LogP contribution in [0.15, 0.2) is 16.9 Å². The minimum Gasteiger partial charge on any atom is -0.325 e. The quantitative estimate of drug-likeness (QED) is 0.768. The molecule has 2 nitrogen and oxygen atoms in total. The molecule has 0 radical (unpaired) electrons. The fourth-order valence-electron chi connectivity index (χ4n) is 0.816. The van der Waals surface area contributed by atoms with E-state index >= 15 is 0 Å². The van der Waals surface area contributed by atoms with Crippen LogP contribution in [-0.4, -0.2) is 4.98 Å². The van der Waals surface area contributed by atoms with Gasteiger partial charge in [-0.3, -0.25) is 4.79 Å². The lowest BCUT2D eigenvalue weighted by Gasteiger charge is -2.05. The molecule has 1 rings (SSSR count). The molecular weight excluding hydrogens is 251 g/mol. The number of alkyl halides is 4. The largest absolute Gasteiger partial charge is 0.421 e. The summed E-state index contributed by atoms with van der Waals surface area (Å²) >= 11 is 3.02. The maximum atomic E-state index is 12.1. The van der Waals surface area contributed by atoms with E-state index in [-0.39, 0.29) is 0 Å². The van der Waals surface area contributed by atoms with Crippen LogP contribution in [0.1, 0.15) is 11.3 Å². The van der Waals surface area contributed by atoms with Gasteiger partial charge in [-0.15, -0.1) is 0 Å². The van der Waals surface area contributed by atoms with Gasteiger partial charge in [-0.1, -0.05) is 15.9 Å². The van der Waals surface area contributed by atoms with E-state index in [1.807, 2.05) is 0 Å². The van der Waals surface area contributed by atoms with E-state index in [9.17, 15) is 18.0 Å². The van der Waals surface area contributed by atoms with Crippen LogP contribution in [-0.2, 0) is 11.5 Å². The summed E-state index contributed by atoms with van der Waals surface area (Å²) in [7, 11) is 0. The summed E-state index contributed by atoms with van der Waals surface area (Å²) in [5.41, 5.74) is -1.86. The zero-order valence-electron chi connectivity index (χ0n) is 6.28. The third-order valence-electron chi connectivity index (χ3n) is 1.42. The molecule has 0 saturated heterocycles. The summed E-state index contributed by atoms with van der Waals surface area (Å²) in [4.78, 5) is 13.0. The molecule has 0 aliphatic heterocycles. The summed E-state index contributed by atoms with van der Waals surface area (Å²) < 4.78 is 36.2. The van der Waals surface area contributed by atoms with Crippen LogP contribution in [0.4, 0.5) is 13.2 Å². The topological polar surface area (TPSA) is 32.9 Å². The second-order valence-corrected chi connectivity index (χ2v) is 2.92. The van der Waals surface area contributed by atoms with E-state index in [2.05, 4.69) is 20.9 Å². The fraction of sp³-hybridized carbons (Fsp3) is 0.286. The SMILES string of the molecule is O=c1[nH]c(CBr)ccc1C(F)(F)F. The monoisotopic (exact) mass is 255 g/mol. The number of H-pyrrole nitrogens is 1. The number of aromatic nitrogens is 1. The first-order valence-corrected chi connectivity index (χ1v) is 4.42. The van der Waals surface area contributed by atoms with Crippen LogP contribution in [0, 0.1) is 0 Å². The molecule has 1 heterocycles. The van der Waals surface area contributed by atoms with Crippen molar-refractivity contribution in [2.24, 2.45) is 0 Å². The number of hydrogen-bond acceptors (Lipinski definition) is 1. The van der Waals surface area contributed by atoms with Gasteiger partial charge in [0.15, 0.2) is 0 Å². The van der Waals surface area contributed by atoms with Crippen molar-refractivity contribution in [1.29, 1.82) is 0 Å². The van der Waals surface area contributed by atoms with E-state index < -0.39 is 17.3 Å². The van der Waals surface area contributed by atoms with Gasteiger partial charge in [0.1, 0.15) is 5.56 Å². The first-order valence-electron chi connectivity index (χ1n) is 3.30. The number of halogens is 4. The van der Waals surface area contributed by atoms with Crippen molar-refractivity contribution in [3.05, 3.63) is 33.7 Å². The lowest BCUT2D eigenvalue weighted by atomic mass is 10.2. The van der Waals surface area contributed by atoms with Crippen molar-refractivity contribution in [2.75, 3.05) is 0 Å². The molecule has 0 aromatic carbocycles. The van der Waals surface area contributed by atoms with E-state index in [4.69, 9.17) is 0 Å². The van der Waals surface area contributed by atoms with Crippen molar-refractivity contribution >= 4 is 15.9 Å². The van der Waals surface area contributed by atoms with Gasteiger partial charge < -0.3 is 4.98 Å². The number of nitrogens with one attached hydrogen (secondary N) is 1. The Morgan fingerprint density at radius 3 is 2.38 bits per heavy atom. The molecule has 6 heteroatoms. The van der Waals surface area contributed by atoms with Crippen molar-refractivity contribution in [2.45, 2.75) is 11.5 Å². The van der Waals surface area contributed by atoms with E-state index in [1.165, 1.54) is 6.07 Å². The Hall–Kier alpha value is -0.780. The first-order chi connectivity index (χ1) is 5.95. The summed E-state index contributed by atoms with van der Waals surface area (Å²) in [6, 6.07) is 1.99. The molecule has 1 aromatic rings. The Morgan fingerprint density at radius 1 is 1.38 bits per heavy atom. The van der Waals surface area contributed by atoms with Crippen molar-refractivity contribution in [3.8, 4) is 0 Å². The molecule has 72 valence electrons. The highest BCUT2D eigenvalue weighted by molar-refractivity contribution is 9.08. The number of rotatable bonds is 1. The van der Waals surface area contributed by atoms with Gasteiger partial charge in [0.2, 0.25) is 0 Å².